The first-order valence-electron chi connectivity index (χ1n) is 7.72. The van der Waals surface area contributed by atoms with Crippen LogP contribution in [0.25, 0.3) is 17.0 Å². The molecule has 0 N–H and O–H groups in total. The summed E-state index contributed by atoms with van der Waals surface area (Å²) < 4.78 is 6.34. The Bertz CT molecular complexity index is 956. The second-order valence-corrected chi connectivity index (χ2v) is 5.93. The molecule has 0 saturated carbocycles. The number of aryl methyl sites for hydroxylation is 1. The van der Waals surface area contributed by atoms with Gasteiger partial charge in [0, 0.05) is 22.7 Å². The molecule has 0 spiro atoms. The SMILES string of the molecule is COc1ccc(CC=Cc2c(C)c3ccccc3n(Cl)c2=O)cc1. The van der Waals surface area contributed by atoms with Crippen molar-refractivity contribution in [2.75, 3.05) is 7.11 Å². The third kappa shape index (κ3) is 3.08. The van der Waals surface area contributed by atoms with E-state index < -0.39 is 0 Å². The maximum atomic E-state index is 12.5. The van der Waals surface area contributed by atoms with Crippen LogP contribution in [0, 0.1) is 6.92 Å². The largest absolute Gasteiger partial charge is 0.497 e. The minimum absolute atomic E-state index is 0.196. The van der Waals surface area contributed by atoms with E-state index in [4.69, 9.17) is 16.5 Å². The third-order valence-electron chi connectivity index (χ3n) is 4.13. The van der Waals surface area contributed by atoms with Gasteiger partial charge in [0.25, 0.3) is 5.56 Å². The smallest absolute Gasteiger partial charge is 0.273 e. The van der Waals surface area contributed by atoms with Gasteiger partial charge in [0.05, 0.1) is 12.6 Å². The lowest BCUT2D eigenvalue weighted by Gasteiger charge is -2.08. The van der Waals surface area contributed by atoms with Crippen molar-refractivity contribution in [1.29, 1.82) is 0 Å². The van der Waals surface area contributed by atoms with Crippen LogP contribution in [0.4, 0.5) is 0 Å². The number of hydrogen-bond donors (Lipinski definition) is 0. The molecule has 0 bridgehead atoms. The number of halogens is 1. The fourth-order valence-electron chi connectivity index (χ4n) is 2.75. The number of rotatable bonds is 4. The normalized spacial score (nSPS) is 11.3. The molecule has 1 aromatic heterocycles. The molecule has 0 amide bonds. The Morgan fingerprint density at radius 2 is 1.83 bits per heavy atom. The van der Waals surface area contributed by atoms with Crippen LogP contribution in [0.15, 0.2) is 59.4 Å². The monoisotopic (exact) mass is 339 g/mol. The molecule has 0 unspecified atom stereocenters. The van der Waals surface area contributed by atoms with E-state index in [1.54, 1.807) is 7.11 Å². The number of hydrogen-bond acceptors (Lipinski definition) is 2. The number of benzene rings is 2. The number of aromatic nitrogens is 1. The first-order chi connectivity index (χ1) is 11.6. The first-order valence-corrected chi connectivity index (χ1v) is 8.05. The molecule has 3 rings (SSSR count). The molecule has 24 heavy (non-hydrogen) atoms. The Hall–Kier alpha value is -2.52. The van der Waals surface area contributed by atoms with Crippen LogP contribution >= 0.6 is 11.8 Å². The summed E-state index contributed by atoms with van der Waals surface area (Å²) in [6, 6.07) is 15.5. The fourth-order valence-corrected chi connectivity index (χ4v) is 2.99. The quantitative estimate of drug-likeness (QED) is 0.697. The molecular formula is C20H18ClNO2. The summed E-state index contributed by atoms with van der Waals surface area (Å²) in [6.45, 7) is 1.95. The van der Waals surface area contributed by atoms with Crippen LogP contribution in [-0.2, 0) is 6.42 Å². The van der Waals surface area contributed by atoms with Crippen LogP contribution in [0.1, 0.15) is 16.7 Å². The van der Waals surface area contributed by atoms with Crippen molar-refractivity contribution >= 4 is 28.8 Å². The van der Waals surface area contributed by atoms with Gasteiger partial charge >= 0.3 is 0 Å². The number of allylic oxidation sites excluding steroid dienone is 1. The summed E-state index contributed by atoms with van der Waals surface area (Å²) in [5, 5.41) is 0.983. The zero-order chi connectivity index (χ0) is 17.1. The average molecular weight is 340 g/mol. The maximum Gasteiger partial charge on any atom is 0.273 e. The van der Waals surface area contributed by atoms with E-state index in [2.05, 4.69) is 0 Å². The summed E-state index contributed by atoms with van der Waals surface area (Å²) in [5.74, 6) is 0.832. The molecule has 0 fully saturated rings. The van der Waals surface area contributed by atoms with E-state index in [-0.39, 0.29) is 5.56 Å². The van der Waals surface area contributed by atoms with Gasteiger partial charge in [-0.05, 0) is 42.7 Å². The van der Waals surface area contributed by atoms with Gasteiger partial charge in [0.1, 0.15) is 5.75 Å². The Labute approximate surface area is 145 Å². The van der Waals surface area contributed by atoms with Crippen LogP contribution in [-0.4, -0.2) is 11.2 Å². The minimum atomic E-state index is -0.196. The topological polar surface area (TPSA) is 31.2 Å². The molecule has 1 heterocycles. The highest BCUT2D eigenvalue weighted by Gasteiger charge is 2.10. The third-order valence-corrected chi connectivity index (χ3v) is 4.47. The van der Waals surface area contributed by atoms with E-state index in [1.807, 2.05) is 67.6 Å². The second-order valence-electron chi connectivity index (χ2n) is 5.60. The van der Waals surface area contributed by atoms with Gasteiger partial charge in [-0.15, -0.1) is 0 Å². The highest BCUT2D eigenvalue weighted by atomic mass is 35.5. The Kier molecular flexibility index (Phi) is 4.72. The molecule has 122 valence electrons. The van der Waals surface area contributed by atoms with Crippen LogP contribution in [0.3, 0.4) is 0 Å². The van der Waals surface area contributed by atoms with Gasteiger partial charge in [-0.1, -0.05) is 42.5 Å². The van der Waals surface area contributed by atoms with Crippen LogP contribution in [0.2, 0.25) is 0 Å². The zero-order valence-electron chi connectivity index (χ0n) is 13.6. The Balaban J connectivity index is 1.93. The number of nitrogens with zero attached hydrogens (tertiary/aromatic N) is 1. The molecule has 0 radical (unpaired) electrons. The first kappa shape index (κ1) is 16.3. The molecule has 0 aliphatic carbocycles. The van der Waals surface area contributed by atoms with E-state index in [0.717, 1.165) is 34.2 Å². The van der Waals surface area contributed by atoms with Crippen molar-refractivity contribution in [2.45, 2.75) is 13.3 Å². The summed E-state index contributed by atoms with van der Waals surface area (Å²) in [7, 11) is 1.65. The number of pyridine rings is 1. The van der Waals surface area contributed by atoms with Gasteiger partial charge in [-0.3, -0.25) is 4.79 Å². The second kappa shape index (κ2) is 6.93. The molecule has 0 atom stereocenters. The van der Waals surface area contributed by atoms with Crippen molar-refractivity contribution in [1.82, 2.24) is 4.09 Å². The van der Waals surface area contributed by atoms with E-state index in [9.17, 15) is 4.79 Å². The number of methoxy groups -OCH3 is 1. The molecule has 3 nitrogen and oxygen atoms in total. The molecule has 0 aliphatic heterocycles. The lowest BCUT2D eigenvalue weighted by Crippen LogP contribution is -2.17. The van der Waals surface area contributed by atoms with Gasteiger partial charge < -0.3 is 4.74 Å². The fraction of sp³-hybridized carbons (Fsp3) is 0.150. The van der Waals surface area contributed by atoms with Crippen molar-refractivity contribution < 1.29 is 4.74 Å². The molecule has 0 aliphatic rings. The van der Waals surface area contributed by atoms with Gasteiger partial charge in [0.15, 0.2) is 0 Å². The van der Waals surface area contributed by atoms with E-state index in [0.29, 0.717) is 5.56 Å². The number of ether oxygens (including phenoxy) is 1. The summed E-state index contributed by atoms with van der Waals surface area (Å²) in [6.07, 6.45) is 4.57. The lowest BCUT2D eigenvalue weighted by molar-refractivity contribution is 0.414. The van der Waals surface area contributed by atoms with E-state index >= 15 is 0 Å². The molecule has 3 aromatic rings. The van der Waals surface area contributed by atoms with Crippen LogP contribution in [0.5, 0.6) is 5.75 Å². The Morgan fingerprint density at radius 1 is 1.12 bits per heavy atom. The van der Waals surface area contributed by atoms with Crippen molar-refractivity contribution in [3.8, 4) is 5.75 Å². The average Bonchev–Trinajstić information content (AvgIpc) is 2.63. The predicted octanol–water partition coefficient (Wildman–Crippen LogP) is 4.58. The predicted molar refractivity (Wildman–Crippen MR) is 99.9 cm³/mol. The summed E-state index contributed by atoms with van der Waals surface area (Å²) in [4.78, 5) is 12.5. The van der Waals surface area contributed by atoms with Crippen molar-refractivity contribution in [3.05, 3.63) is 81.7 Å². The molecule has 0 saturated heterocycles. The summed E-state index contributed by atoms with van der Waals surface area (Å²) >= 11 is 6.19. The maximum absolute atomic E-state index is 12.5. The molecule has 4 heteroatoms. The number of fused-ring (bicyclic) bond motifs is 1. The Morgan fingerprint density at radius 3 is 2.54 bits per heavy atom. The highest BCUT2D eigenvalue weighted by molar-refractivity contribution is 6.19. The standard InChI is InChI=1S/C20H18ClNO2/c1-14-17-7-3-4-9-19(17)22(21)20(23)18(14)8-5-6-15-10-12-16(24-2)13-11-15/h3-5,7-13H,6H2,1-2H3. The highest BCUT2D eigenvalue weighted by Crippen LogP contribution is 2.21. The molecule has 2 aromatic carbocycles. The zero-order valence-corrected chi connectivity index (χ0v) is 14.4. The number of para-hydroxylation sites is 1. The van der Waals surface area contributed by atoms with Crippen molar-refractivity contribution in [3.63, 3.8) is 0 Å². The van der Waals surface area contributed by atoms with Gasteiger partial charge in [0.2, 0.25) is 0 Å². The van der Waals surface area contributed by atoms with E-state index in [1.165, 1.54) is 4.09 Å². The minimum Gasteiger partial charge on any atom is -0.497 e. The molecular weight excluding hydrogens is 322 g/mol. The van der Waals surface area contributed by atoms with Crippen molar-refractivity contribution in [2.24, 2.45) is 0 Å². The van der Waals surface area contributed by atoms with Gasteiger partial charge in [-0.25, -0.2) is 4.09 Å². The summed E-state index contributed by atoms with van der Waals surface area (Å²) in [5.41, 5.74) is 3.25. The lowest BCUT2D eigenvalue weighted by atomic mass is 10.0. The van der Waals surface area contributed by atoms with Crippen LogP contribution < -0.4 is 10.3 Å². The van der Waals surface area contributed by atoms with Gasteiger partial charge in [-0.2, -0.15) is 0 Å².